The highest BCUT2D eigenvalue weighted by Gasteiger charge is 2.08. The molecule has 1 aromatic heterocycles. The summed E-state index contributed by atoms with van der Waals surface area (Å²) in [6, 6.07) is 12.5. The van der Waals surface area contributed by atoms with Gasteiger partial charge in [-0.15, -0.1) is 0 Å². The van der Waals surface area contributed by atoms with Crippen LogP contribution in [0.1, 0.15) is 5.76 Å². The van der Waals surface area contributed by atoms with Crippen molar-refractivity contribution in [3.63, 3.8) is 0 Å². The Morgan fingerprint density at radius 2 is 1.69 bits per heavy atom. The molecule has 6 nitrogen and oxygen atoms in total. The molecule has 6 heteroatoms. The number of anilines is 1. The second-order valence-corrected chi connectivity index (χ2v) is 5.44. The minimum Gasteiger partial charge on any atom is -0.497 e. The average Bonchev–Trinajstić information content (AvgIpc) is 3.08. The van der Waals surface area contributed by atoms with Crippen molar-refractivity contribution >= 4 is 28.6 Å². The maximum Gasteiger partial charge on any atom is 0.248 e. The highest BCUT2D eigenvalue weighted by atomic mass is 16.5. The Labute approximate surface area is 151 Å². The van der Waals surface area contributed by atoms with E-state index < -0.39 is 0 Å². The first-order valence-corrected chi connectivity index (χ1v) is 7.91. The molecule has 3 aromatic rings. The lowest BCUT2D eigenvalue weighted by atomic mass is 10.2. The summed E-state index contributed by atoms with van der Waals surface area (Å²) >= 11 is 0. The van der Waals surface area contributed by atoms with Crippen LogP contribution < -0.4 is 19.5 Å². The maximum atomic E-state index is 12.2. The number of carbonyl (C=O) groups excluding carboxylic acids is 1. The monoisotopic (exact) mass is 353 g/mol. The number of amides is 1. The molecule has 3 rings (SSSR count). The molecule has 0 atom stereocenters. The SMILES string of the molecule is COc1ccc(NC(=O)C=Cc2cc3cc(OC)ccc3o2)c(OC)c1. The molecule has 0 aliphatic heterocycles. The molecule has 0 fully saturated rings. The van der Waals surface area contributed by atoms with Crippen LogP contribution in [0.3, 0.4) is 0 Å². The van der Waals surface area contributed by atoms with E-state index in [1.807, 2.05) is 24.3 Å². The van der Waals surface area contributed by atoms with Crippen LogP contribution in [0.4, 0.5) is 5.69 Å². The zero-order valence-corrected chi connectivity index (χ0v) is 14.7. The standard InChI is InChI=1S/C20H19NO5/c1-23-14-5-8-18-13(10-14)11-16(26-18)6-9-20(22)21-17-7-4-15(24-2)12-19(17)25-3/h4-12H,1-3H3,(H,21,22). The van der Waals surface area contributed by atoms with Gasteiger partial charge in [0.15, 0.2) is 0 Å². The molecule has 26 heavy (non-hydrogen) atoms. The molecule has 0 bridgehead atoms. The van der Waals surface area contributed by atoms with Crippen LogP contribution in [0.5, 0.6) is 17.2 Å². The average molecular weight is 353 g/mol. The van der Waals surface area contributed by atoms with E-state index in [2.05, 4.69) is 5.32 Å². The predicted octanol–water partition coefficient (Wildman–Crippen LogP) is 4.11. The van der Waals surface area contributed by atoms with Gasteiger partial charge in [0, 0.05) is 17.5 Å². The molecule has 1 heterocycles. The van der Waals surface area contributed by atoms with Crippen LogP contribution >= 0.6 is 0 Å². The van der Waals surface area contributed by atoms with Gasteiger partial charge in [0.2, 0.25) is 5.91 Å². The number of ether oxygens (including phenoxy) is 3. The summed E-state index contributed by atoms with van der Waals surface area (Å²) in [5.74, 6) is 2.19. The molecular formula is C20H19NO5. The highest BCUT2D eigenvalue weighted by Crippen LogP contribution is 2.29. The van der Waals surface area contributed by atoms with Crippen molar-refractivity contribution in [2.24, 2.45) is 0 Å². The van der Waals surface area contributed by atoms with Crippen molar-refractivity contribution in [2.75, 3.05) is 26.6 Å². The topological polar surface area (TPSA) is 69.9 Å². The van der Waals surface area contributed by atoms with Crippen LogP contribution in [-0.4, -0.2) is 27.2 Å². The van der Waals surface area contributed by atoms with Crippen molar-refractivity contribution in [3.8, 4) is 17.2 Å². The first kappa shape index (κ1) is 17.4. The number of benzene rings is 2. The maximum absolute atomic E-state index is 12.2. The van der Waals surface area contributed by atoms with Crippen molar-refractivity contribution in [2.45, 2.75) is 0 Å². The molecular weight excluding hydrogens is 334 g/mol. The summed E-state index contributed by atoms with van der Waals surface area (Å²) in [5.41, 5.74) is 1.28. The van der Waals surface area contributed by atoms with Gasteiger partial charge < -0.3 is 23.9 Å². The van der Waals surface area contributed by atoms with E-state index in [1.165, 1.54) is 13.2 Å². The third kappa shape index (κ3) is 3.80. The Morgan fingerprint density at radius 1 is 0.962 bits per heavy atom. The van der Waals surface area contributed by atoms with Gasteiger partial charge >= 0.3 is 0 Å². The number of nitrogens with one attached hydrogen (secondary N) is 1. The van der Waals surface area contributed by atoms with Gasteiger partial charge in [0.1, 0.15) is 28.6 Å². The Morgan fingerprint density at radius 3 is 2.42 bits per heavy atom. The lowest BCUT2D eigenvalue weighted by molar-refractivity contribution is -0.111. The highest BCUT2D eigenvalue weighted by molar-refractivity contribution is 6.02. The van der Waals surface area contributed by atoms with Crippen molar-refractivity contribution in [3.05, 3.63) is 54.3 Å². The molecule has 134 valence electrons. The Bertz CT molecular complexity index is 958. The van der Waals surface area contributed by atoms with Crippen LogP contribution in [-0.2, 0) is 4.79 Å². The van der Waals surface area contributed by atoms with Crippen LogP contribution in [0.25, 0.3) is 17.0 Å². The molecule has 0 aliphatic carbocycles. The Kier molecular flexibility index (Phi) is 5.12. The van der Waals surface area contributed by atoms with Crippen LogP contribution in [0, 0.1) is 0 Å². The summed E-state index contributed by atoms with van der Waals surface area (Å²) < 4.78 is 21.3. The largest absolute Gasteiger partial charge is 0.497 e. The number of fused-ring (bicyclic) bond motifs is 1. The molecule has 0 saturated heterocycles. The summed E-state index contributed by atoms with van der Waals surface area (Å²) in [4.78, 5) is 12.2. The number of hydrogen-bond donors (Lipinski definition) is 1. The summed E-state index contributed by atoms with van der Waals surface area (Å²) in [6.07, 6.45) is 3.01. The molecule has 1 N–H and O–H groups in total. The minimum atomic E-state index is -0.300. The van der Waals surface area contributed by atoms with Gasteiger partial charge in [-0.25, -0.2) is 0 Å². The molecule has 0 aliphatic rings. The first-order chi connectivity index (χ1) is 12.6. The summed E-state index contributed by atoms with van der Waals surface area (Å²) in [7, 11) is 4.71. The lowest BCUT2D eigenvalue weighted by Crippen LogP contribution is -2.08. The van der Waals surface area contributed by atoms with E-state index in [0.29, 0.717) is 22.9 Å². The van der Waals surface area contributed by atoms with Gasteiger partial charge in [-0.05, 0) is 42.5 Å². The van der Waals surface area contributed by atoms with Crippen molar-refractivity contribution in [1.82, 2.24) is 0 Å². The second kappa shape index (κ2) is 7.65. The van der Waals surface area contributed by atoms with Crippen molar-refractivity contribution < 1.29 is 23.4 Å². The van der Waals surface area contributed by atoms with E-state index in [9.17, 15) is 4.79 Å². The zero-order chi connectivity index (χ0) is 18.5. The summed E-state index contributed by atoms with van der Waals surface area (Å²) in [5, 5.41) is 3.67. The number of rotatable bonds is 6. The summed E-state index contributed by atoms with van der Waals surface area (Å²) in [6.45, 7) is 0. The van der Waals surface area contributed by atoms with E-state index >= 15 is 0 Å². The number of furan rings is 1. The predicted molar refractivity (Wildman–Crippen MR) is 100.0 cm³/mol. The van der Waals surface area contributed by atoms with Gasteiger partial charge in [0.25, 0.3) is 0 Å². The van der Waals surface area contributed by atoms with Crippen LogP contribution in [0.15, 0.2) is 53.0 Å². The molecule has 0 radical (unpaired) electrons. The first-order valence-electron chi connectivity index (χ1n) is 7.91. The van der Waals surface area contributed by atoms with Gasteiger partial charge in [-0.2, -0.15) is 0 Å². The normalized spacial score (nSPS) is 10.9. The van der Waals surface area contributed by atoms with E-state index in [0.717, 1.165) is 16.7 Å². The van der Waals surface area contributed by atoms with Gasteiger partial charge in [0.05, 0.1) is 27.0 Å². The molecule has 1 amide bonds. The third-order valence-electron chi connectivity index (χ3n) is 3.81. The van der Waals surface area contributed by atoms with Crippen molar-refractivity contribution in [1.29, 1.82) is 0 Å². The van der Waals surface area contributed by atoms with E-state index in [4.69, 9.17) is 18.6 Å². The smallest absolute Gasteiger partial charge is 0.248 e. The van der Waals surface area contributed by atoms with E-state index in [-0.39, 0.29) is 5.91 Å². The fourth-order valence-corrected chi connectivity index (χ4v) is 2.49. The zero-order valence-electron chi connectivity index (χ0n) is 14.7. The molecule has 0 spiro atoms. The van der Waals surface area contributed by atoms with Gasteiger partial charge in [-0.1, -0.05) is 0 Å². The minimum absolute atomic E-state index is 0.300. The van der Waals surface area contributed by atoms with Crippen LogP contribution in [0.2, 0.25) is 0 Å². The van der Waals surface area contributed by atoms with E-state index in [1.54, 1.807) is 38.5 Å². The fraction of sp³-hybridized carbons (Fsp3) is 0.150. The Hall–Kier alpha value is -3.41. The molecule has 0 unspecified atom stereocenters. The quantitative estimate of drug-likeness (QED) is 0.675. The third-order valence-corrected chi connectivity index (χ3v) is 3.81. The fourth-order valence-electron chi connectivity index (χ4n) is 2.49. The number of methoxy groups -OCH3 is 3. The van der Waals surface area contributed by atoms with Gasteiger partial charge in [-0.3, -0.25) is 4.79 Å². The molecule has 2 aromatic carbocycles. The lowest BCUT2D eigenvalue weighted by Gasteiger charge is -2.10. The molecule has 0 saturated carbocycles. The number of hydrogen-bond acceptors (Lipinski definition) is 5. The second-order valence-electron chi connectivity index (χ2n) is 5.44. The Balaban J connectivity index is 1.73. The number of carbonyl (C=O) groups is 1.